The van der Waals surface area contributed by atoms with Gasteiger partial charge in [0.2, 0.25) is 0 Å². The van der Waals surface area contributed by atoms with Crippen LogP contribution >= 0.6 is 15.9 Å². The lowest BCUT2D eigenvalue weighted by Gasteiger charge is -2.18. The van der Waals surface area contributed by atoms with E-state index in [0.717, 1.165) is 12.1 Å². The molecule has 0 bridgehead atoms. The van der Waals surface area contributed by atoms with Crippen LogP contribution in [0.2, 0.25) is 0 Å². The molecule has 0 saturated heterocycles. The molecule has 1 N–H and O–H groups in total. The SMILES string of the molecule is CNC(Cc1ccn(C(C)C)n1)c1cccc(C)c1Br. The first-order chi connectivity index (χ1) is 9.52. The van der Waals surface area contributed by atoms with Gasteiger partial charge in [0.25, 0.3) is 0 Å². The van der Waals surface area contributed by atoms with E-state index in [0.29, 0.717) is 6.04 Å². The van der Waals surface area contributed by atoms with Crippen LogP contribution in [0.4, 0.5) is 0 Å². The number of rotatable bonds is 5. The summed E-state index contributed by atoms with van der Waals surface area (Å²) in [4.78, 5) is 0. The third-order valence-electron chi connectivity index (χ3n) is 3.55. The molecule has 0 fully saturated rings. The van der Waals surface area contributed by atoms with Crippen molar-refractivity contribution >= 4 is 15.9 Å². The first-order valence-electron chi connectivity index (χ1n) is 6.99. The first-order valence-corrected chi connectivity index (χ1v) is 7.78. The molecular formula is C16H22BrN3. The number of aryl methyl sites for hydroxylation is 1. The average molecular weight is 336 g/mol. The van der Waals surface area contributed by atoms with Crippen molar-refractivity contribution in [2.24, 2.45) is 0 Å². The van der Waals surface area contributed by atoms with Gasteiger partial charge in [0.1, 0.15) is 0 Å². The van der Waals surface area contributed by atoms with Crippen molar-refractivity contribution in [1.29, 1.82) is 0 Å². The van der Waals surface area contributed by atoms with Crippen LogP contribution in [0.15, 0.2) is 34.9 Å². The van der Waals surface area contributed by atoms with Crippen molar-refractivity contribution in [3.8, 4) is 0 Å². The molecule has 108 valence electrons. The number of hydrogen-bond acceptors (Lipinski definition) is 2. The van der Waals surface area contributed by atoms with E-state index in [-0.39, 0.29) is 6.04 Å². The van der Waals surface area contributed by atoms with Crippen molar-refractivity contribution in [1.82, 2.24) is 15.1 Å². The minimum absolute atomic E-state index is 0.264. The fourth-order valence-electron chi connectivity index (χ4n) is 2.29. The van der Waals surface area contributed by atoms with E-state index in [9.17, 15) is 0 Å². The smallest absolute Gasteiger partial charge is 0.0643 e. The Morgan fingerprint density at radius 2 is 2.05 bits per heavy atom. The quantitative estimate of drug-likeness (QED) is 0.893. The second-order valence-corrected chi connectivity index (χ2v) is 6.20. The molecule has 2 rings (SSSR count). The standard InChI is InChI=1S/C16H22BrN3/c1-11(2)20-9-8-13(19-20)10-15(18-4)14-7-5-6-12(3)16(14)17/h5-9,11,15,18H,10H2,1-4H3. The van der Waals surface area contributed by atoms with Crippen molar-refractivity contribution in [2.75, 3.05) is 7.05 Å². The second kappa shape index (κ2) is 6.55. The van der Waals surface area contributed by atoms with Gasteiger partial charge in [-0.1, -0.05) is 34.1 Å². The highest BCUT2D eigenvalue weighted by atomic mass is 79.9. The zero-order valence-corrected chi connectivity index (χ0v) is 14.1. The fraction of sp³-hybridized carbons (Fsp3) is 0.438. The molecule has 1 aromatic heterocycles. The van der Waals surface area contributed by atoms with E-state index in [1.807, 2.05) is 11.7 Å². The monoisotopic (exact) mass is 335 g/mol. The van der Waals surface area contributed by atoms with Crippen LogP contribution in [0.5, 0.6) is 0 Å². The van der Waals surface area contributed by atoms with E-state index in [4.69, 9.17) is 0 Å². The molecule has 0 aliphatic carbocycles. The Bertz CT molecular complexity index is 575. The van der Waals surface area contributed by atoms with E-state index in [1.165, 1.54) is 15.6 Å². The Morgan fingerprint density at radius 1 is 1.30 bits per heavy atom. The molecule has 0 radical (unpaired) electrons. The number of hydrogen-bond donors (Lipinski definition) is 1. The van der Waals surface area contributed by atoms with Crippen LogP contribution in [0.25, 0.3) is 0 Å². The van der Waals surface area contributed by atoms with Crippen LogP contribution < -0.4 is 5.32 Å². The lowest BCUT2D eigenvalue weighted by atomic mass is 10.0. The largest absolute Gasteiger partial charge is 0.313 e. The van der Waals surface area contributed by atoms with Gasteiger partial charge in [0.15, 0.2) is 0 Å². The van der Waals surface area contributed by atoms with E-state index in [2.05, 4.69) is 77.6 Å². The van der Waals surface area contributed by atoms with Gasteiger partial charge >= 0.3 is 0 Å². The molecule has 1 heterocycles. The molecule has 1 aromatic carbocycles. The molecule has 0 aliphatic heterocycles. The van der Waals surface area contributed by atoms with Crippen LogP contribution in [-0.2, 0) is 6.42 Å². The van der Waals surface area contributed by atoms with E-state index in [1.54, 1.807) is 0 Å². The Balaban J connectivity index is 2.22. The summed E-state index contributed by atoms with van der Waals surface area (Å²) in [5.41, 5.74) is 3.66. The maximum Gasteiger partial charge on any atom is 0.0643 e. The zero-order chi connectivity index (χ0) is 14.7. The van der Waals surface area contributed by atoms with Gasteiger partial charge in [-0.2, -0.15) is 5.10 Å². The van der Waals surface area contributed by atoms with Gasteiger partial charge < -0.3 is 5.32 Å². The summed E-state index contributed by atoms with van der Waals surface area (Å²) in [6.07, 6.45) is 2.94. The Labute approximate surface area is 129 Å². The number of likely N-dealkylation sites (N-methyl/N-ethyl adjacent to an activating group) is 1. The van der Waals surface area contributed by atoms with Gasteiger partial charge in [0.05, 0.1) is 5.69 Å². The summed E-state index contributed by atoms with van der Waals surface area (Å²) in [5, 5.41) is 8.03. The topological polar surface area (TPSA) is 29.9 Å². The molecule has 2 aromatic rings. The number of nitrogens with zero attached hydrogens (tertiary/aromatic N) is 2. The van der Waals surface area contributed by atoms with Crippen LogP contribution in [-0.4, -0.2) is 16.8 Å². The summed E-state index contributed by atoms with van der Waals surface area (Å²) >= 11 is 3.70. The van der Waals surface area contributed by atoms with Gasteiger partial charge in [-0.25, -0.2) is 0 Å². The Hall–Kier alpha value is -1.13. The van der Waals surface area contributed by atoms with E-state index >= 15 is 0 Å². The molecule has 4 heteroatoms. The summed E-state index contributed by atoms with van der Waals surface area (Å²) in [7, 11) is 2.00. The van der Waals surface area contributed by atoms with Crippen molar-refractivity contribution in [2.45, 2.75) is 39.3 Å². The van der Waals surface area contributed by atoms with Crippen LogP contribution in [0.3, 0.4) is 0 Å². The number of halogens is 1. The highest BCUT2D eigenvalue weighted by Gasteiger charge is 2.16. The van der Waals surface area contributed by atoms with Crippen molar-refractivity contribution < 1.29 is 0 Å². The van der Waals surface area contributed by atoms with Crippen molar-refractivity contribution in [3.63, 3.8) is 0 Å². The Kier molecular flexibility index (Phi) is 5.00. The first kappa shape index (κ1) is 15.3. The highest BCUT2D eigenvalue weighted by Crippen LogP contribution is 2.28. The third kappa shape index (κ3) is 3.30. The molecule has 20 heavy (non-hydrogen) atoms. The van der Waals surface area contributed by atoms with Gasteiger partial charge in [-0.05, 0) is 45.0 Å². The number of aromatic nitrogens is 2. The summed E-state index contributed by atoms with van der Waals surface area (Å²) in [5.74, 6) is 0. The lowest BCUT2D eigenvalue weighted by molar-refractivity contribution is 0.514. The minimum atomic E-state index is 0.264. The summed E-state index contributed by atoms with van der Waals surface area (Å²) in [6.45, 7) is 6.40. The fourth-order valence-corrected chi connectivity index (χ4v) is 2.83. The van der Waals surface area contributed by atoms with Crippen LogP contribution in [0.1, 0.15) is 42.8 Å². The predicted molar refractivity (Wildman–Crippen MR) is 87.0 cm³/mol. The molecule has 0 aliphatic rings. The predicted octanol–water partition coefficient (Wildman–Crippen LogP) is 4.04. The number of benzene rings is 1. The van der Waals surface area contributed by atoms with Crippen LogP contribution in [0, 0.1) is 6.92 Å². The zero-order valence-electron chi connectivity index (χ0n) is 12.5. The van der Waals surface area contributed by atoms with Gasteiger partial charge in [-0.15, -0.1) is 0 Å². The summed E-state index contributed by atoms with van der Waals surface area (Å²) < 4.78 is 3.19. The molecule has 3 nitrogen and oxygen atoms in total. The average Bonchev–Trinajstić information content (AvgIpc) is 2.88. The Morgan fingerprint density at radius 3 is 2.65 bits per heavy atom. The maximum absolute atomic E-state index is 4.64. The highest BCUT2D eigenvalue weighted by molar-refractivity contribution is 9.10. The molecule has 0 spiro atoms. The van der Waals surface area contributed by atoms with Gasteiger partial charge in [-0.3, -0.25) is 4.68 Å². The minimum Gasteiger partial charge on any atom is -0.313 e. The molecule has 1 unspecified atom stereocenters. The molecule has 1 atom stereocenters. The third-order valence-corrected chi connectivity index (χ3v) is 4.63. The normalized spacial score (nSPS) is 12.9. The number of nitrogens with one attached hydrogen (secondary N) is 1. The van der Waals surface area contributed by atoms with Gasteiger partial charge in [0, 0.05) is 29.2 Å². The summed E-state index contributed by atoms with van der Waals surface area (Å²) in [6, 6.07) is 9.16. The molecule has 0 amide bonds. The van der Waals surface area contributed by atoms with Crippen molar-refractivity contribution in [3.05, 3.63) is 51.8 Å². The molecular weight excluding hydrogens is 314 g/mol. The lowest BCUT2D eigenvalue weighted by Crippen LogP contribution is -2.20. The maximum atomic E-state index is 4.64. The van der Waals surface area contributed by atoms with E-state index < -0.39 is 0 Å². The second-order valence-electron chi connectivity index (χ2n) is 5.40. The molecule has 0 saturated carbocycles.